The van der Waals surface area contributed by atoms with Crippen LogP contribution in [0.4, 0.5) is 5.69 Å². The van der Waals surface area contributed by atoms with E-state index in [1.807, 2.05) is 19.9 Å². The van der Waals surface area contributed by atoms with Crippen LogP contribution in [0, 0.1) is 0 Å². The number of aliphatic hydroxyl groups excluding tert-OH is 1. The first-order valence-corrected chi connectivity index (χ1v) is 11.4. The molecule has 0 aliphatic carbocycles. The van der Waals surface area contributed by atoms with Crippen LogP contribution in [0.3, 0.4) is 0 Å². The summed E-state index contributed by atoms with van der Waals surface area (Å²) in [5.74, 6) is -0.734. The number of hydrogen-bond donors (Lipinski definition) is 1. The van der Waals surface area contributed by atoms with Crippen LogP contribution < -0.4 is 14.4 Å². The third kappa shape index (κ3) is 4.37. The van der Waals surface area contributed by atoms with Gasteiger partial charge in [0, 0.05) is 11.3 Å². The molecular weight excluding hydrogens is 454 g/mol. The Morgan fingerprint density at radius 1 is 0.912 bits per heavy atom. The third-order valence-corrected chi connectivity index (χ3v) is 5.82. The van der Waals surface area contributed by atoms with Crippen molar-refractivity contribution in [3.05, 3.63) is 94.5 Å². The van der Waals surface area contributed by atoms with E-state index in [0.29, 0.717) is 36.0 Å². The number of amides is 1. The number of rotatable bonds is 7. The molecule has 34 heavy (non-hydrogen) atoms. The summed E-state index contributed by atoms with van der Waals surface area (Å²) in [6.45, 7) is 4.66. The fraction of sp³-hybridized carbons (Fsp3) is 0.185. The van der Waals surface area contributed by atoms with Gasteiger partial charge in [-0.15, -0.1) is 0 Å². The second kappa shape index (κ2) is 10.0. The molecule has 4 rings (SSSR count). The zero-order valence-corrected chi connectivity index (χ0v) is 19.6. The average molecular weight is 478 g/mol. The molecule has 1 aliphatic heterocycles. The van der Waals surface area contributed by atoms with E-state index < -0.39 is 17.7 Å². The average Bonchev–Trinajstić information content (AvgIpc) is 3.11. The summed E-state index contributed by atoms with van der Waals surface area (Å²) in [5.41, 5.74) is 1.35. The van der Waals surface area contributed by atoms with Gasteiger partial charge in [0.2, 0.25) is 0 Å². The van der Waals surface area contributed by atoms with Gasteiger partial charge in [-0.2, -0.15) is 0 Å². The summed E-state index contributed by atoms with van der Waals surface area (Å²) in [7, 11) is 0. The van der Waals surface area contributed by atoms with Crippen LogP contribution in [-0.4, -0.2) is 30.0 Å². The molecule has 7 heteroatoms. The second-order valence-corrected chi connectivity index (χ2v) is 7.99. The van der Waals surface area contributed by atoms with Crippen LogP contribution in [0.1, 0.15) is 31.0 Å². The van der Waals surface area contributed by atoms with Crippen molar-refractivity contribution in [3.8, 4) is 11.5 Å². The molecule has 174 valence electrons. The van der Waals surface area contributed by atoms with Crippen LogP contribution in [0.2, 0.25) is 5.02 Å². The number of Topliss-reactive ketones (excluding diaryl/α,β-unsaturated/α-hetero) is 1. The van der Waals surface area contributed by atoms with Gasteiger partial charge in [-0.25, -0.2) is 0 Å². The molecule has 0 bridgehead atoms. The molecule has 1 N–H and O–H groups in total. The largest absolute Gasteiger partial charge is 0.507 e. The first-order chi connectivity index (χ1) is 16.5. The van der Waals surface area contributed by atoms with Gasteiger partial charge in [0.05, 0.1) is 29.9 Å². The summed E-state index contributed by atoms with van der Waals surface area (Å²) in [4.78, 5) is 27.9. The number of ether oxygens (including phenoxy) is 2. The lowest BCUT2D eigenvalue weighted by Gasteiger charge is -2.25. The number of halogens is 1. The zero-order valence-electron chi connectivity index (χ0n) is 18.8. The summed E-state index contributed by atoms with van der Waals surface area (Å²) in [6.07, 6.45) is 0. The highest BCUT2D eigenvalue weighted by Crippen LogP contribution is 2.43. The Labute approximate surface area is 203 Å². The quantitative estimate of drug-likeness (QED) is 0.266. The van der Waals surface area contributed by atoms with Crippen molar-refractivity contribution < 1.29 is 24.2 Å². The summed E-state index contributed by atoms with van der Waals surface area (Å²) < 4.78 is 11.1. The highest BCUT2D eigenvalue weighted by atomic mass is 35.5. The molecule has 0 radical (unpaired) electrons. The molecule has 6 nitrogen and oxygen atoms in total. The Morgan fingerprint density at radius 2 is 1.53 bits per heavy atom. The van der Waals surface area contributed by atoms with Crippen LogP contribution in [-0.2, 0) is 9.59 Å². The molecule has 1 saturated heterocycles. The Bertz CT molecular complexity index is 1240. The number of carbonyl (C=O) groups excluding carboxylic acids is 2. The fourth-order valence-corrected chi connectivity index (χ4v) is 4.21. The molecule has 3 aromatic carbocycles. The van der Waals surface area contributed by atoms with Crippen molar-refractivity contribution in [2.24, 2.45) is 0 Å². The lowest BCUT2D eigenvalue weighted by atomic mass is 9.95. The van der Waals surface area contributed by atoms with Crippen molar-refractivity contribution in [2.75, 3.05) is 18.1 Å². The molecule has 1 atom stereocenters. The number of aliphatic hydroxyl groups is 1. The number of carbonyl (C=O) groups is 2. The van der Waals surface area contributed by atoms with Crippen LogP contribution in [0.5, 0.6) is 11.5 Å². The normalized spacial score (nSPS) is 17.1. The maximum Gasteiger partial charge on any atom is 0.300 e. The SMILES string of the molecule is CCOc1ccc(C2/C(=C(\O)c3cc(OCC)ccc3Cl)C(=O)C(=O)N2c2ccccc2)cc1. The highest BCUT2D eigenvalue weighted by Gasteiger charge is 2.47. The maximum absolute atomic E-state index is 13.3. The van der Waals surface area contributed by atoms with E-state index in [1.54, 1.807) is 66.7 Å². The topological polar surface area (TPSA) is 76.1 Å². The van der Waals surface area contributed by atoms with E-state index in [4.69, 9.17) is 21.1 Å². The predicted molar refractivity (Wildman–Crippen MR) is 131 cm³/mol. The summed E-state index contributed by atoms with van der Waals surface area (Å²) in [6, 6.07) is 20.0. The molecule has 0 spiro atoms. The number of anilines is 1. The number of para-hydroxylation sites is 1. The first-order valence-electron chi connectivity index (χ1n) is 11.0. The molecule has 1 aliphatic rings. The van der Waals surface area contributed by atoms with Gasteiger partial charge in [-0.05, 0) is 61.9 Å². The van der Waals surface area contributed by atoms with Crippen LogP contribution in [0.15, 0.2) is 78.4 Å². The summed E-state index contributed by atoms with van der Waals surface area (Å²) >= 11 is 6.38. The minimum Gasteiger partial charge on any atom is -0.507 e. The van der Waals surface area contributed by atoms with Gasteiger partial charge in [0.1, 0.15) is 17.3 Å². The molecule has 1 heterocycles. The minimum atomic E-state index is -0.857. The Hall–Kier alpha value is -3.77. The second-order valence-electron chi connectivity index (χ2n) is 7.58. The lowest BCUT2D eigenvalue weighted by Crippen LogP contribution is -2.29. The minimum absolute atomic E-state index is 0.0476. The molecule has 1 amide bonds. The molecule has 1 unspecified atom stereocenters. The van der Waals surface area contributed by atoms with Gasteiger partial charge in [0.25, 0.3) is 11.7 Å². The van der Waals surface area contributed by atoms with Crippen molar-refractivity contribution in [1.29, 1.82) is 0 Å². The van der Waals surface area contributed by atoms with Crippen LogP contribution in [0.25, 0.3) is 5.76 Å². The van der Waals surface area contributed by atoms with Gasteiger partial charge in [-0.1, -0.05) is 41.9 Å². The number of hydrogen-bond acceptors (Lipinski definition) is 5. The number of benzene rings is 3. The fourth-order valence-electron chi connectivity index (χ4n) is 4.00. The van der Waals surface area contributed by atoms with Crippen LogP contribution >= 0.6 is 11.6 Å². The molecule has 0 saturated carbocycles. The third-order valence-electron chi connectivity index (χ3n) is 5.49. The summed E-state index contributed by atoms with van der Waals surface area (Å²) in [5, 5.41) is 11.6. The van der Waals surface area contributed by atoms with E-state index in [2.05, 4.69) is 0 Å². The number of ketones is 1. The Morgan fingerprint density at radius 3 is 2.18 bits per heavy atom. The van der Waals surface area contributed by atoms with Crippen molar-refractivity contribution in [1.82, 2.24) is 0 Å². The van der Waals surface area contributed by atoms with Gasteiger partial charge < -0.3 is 14.6 Å². The molecule has 0 aromatic heterocycles. The zero-order chi connectivity index (χ0) is 24.2. The van der Waals surface area contributed by atoms with Crippen molar-refractivity contribution >= 4 is 34.7 Å². The monoisotopic (exact) mass is 477 g/mol. The smallest absolute Gasteiger partial charge is 0.300 e. The first kappa shape index (κ1) is 23.4. The van der Waals surface area contributed by atoms with E-state index in [0.717, 1.165) is 0 Å². The number of nitrogens with zero attached hydrogens (tertiary/aromatic N) is 1. The van der Waals surface area contributed by atoms with Gasteiger partial charge in [-0.3, -0.25) is 14.5 Å². The van der Waals surface area contributed by atoms with Crippen molar-refractivity contribution in [3.63, 3.8) is 0 Å². The predicted octanol–water partition coefficient (Wildman–Crippen LogP) is 5.76. The lowest BCUT2D eigenvalue weighted by molar-refractivity contribution is -0.132. The Kier molecular flexibility index (Phi) is 6.89. The molecule has 3 aromatic rings. The van der Waals surface area contributed by atoms with Gasteiger partial charge >= 0.3 is 0 Å². The molecular formula is C27H24ClNO5. The van der Waals surface area contributed by atoms with E-state index in [-0.39, 0.29) is 21.9 Å². The Balaban J connectivity index is 1.91. The molecule has 1 fully saturated rings. The van der Waals surface area contributed by atoms with E-state index in [9.17, 15) is 14.7 Å². The maximum atomic E-state index is 13.3. The van der Waals surface area contributed by atoms with E-state index >= 15 is 0 Å². The van der Waals surface area contributed by atoms with E-state index in [1.165, 1.54) is 4.90 Å². The van der Waals surface area contributed by atoms with Gasteiger partial charge in [0.15, 0.2) is 0 Å². The highest BCUT2D eigenvalue weighted by molar-refractivity contribution is 6.52. The standard InChI is InChI=1S/C27H24ClNO5/c1-3-33-19-12-10-17(11-13-19)24-23(25(30)21-16-20(34-4-2)14-15-22(21)28)26(31)27(32)29(24)18-8-6-5-7-9-18/h5-16,24,30H,3-4H2,1-2H3/b25-23+. The van der Waals surface area contributed by atoms with Crippen molar-refractivity contribution in [2.45, 2.75) is 19.9 Å².